The summed E-state index contributed by atoms with van der Waals surface area (Å²) >= 11 is 0. The molecule has 0 bridgehead atoms. The van der Waals surface area contributed by atoms with Crippen LogP contribution >= 0.6 is 0 Å². The van der Waals surface area contributed by atoms with Crippen LogP contribution in [0.3, 0.4) is 0 Å². The first-order valence-electron chi connectivity index (χ1n) is 10.4. The van der Waals surface area contributed by atoms with Gasteiger partial charge in [-0.25, -0.2) is 9.59 Å². The predicted molar refractivity (Wildman–Crippen MR) is 114 cm³/mol. The number of Topliss-reactive ketones (excluding diaryl/α,β-unsaturated/α-hetero) is 1. The van der Waals surface area contributed by atoms with Gasteiger partial charge in [0.2, 0.25) is 0 Å². The standard InChI is InChI=1S/C22H23NO5.C2H6/c24-20(19-9-5-2-6-10-19)21(25)27-15-18-11-13-23(14-12-18)22(26)28-16-17-7-3-1-4-8-17;1-2/h1-10,18H,11-16H2;1-2H3. The molecule has 0 unspecified atom stereocenters. The van der Waals surface area contributed by atoms with Crippen LogP contribution in [0.2, 0.25) is 0 Å². The van der Waals surface area contributed by atoms with E-state index in [9.17, 15) is 14.4 Å². The lowest BCUT2D eigenvalue weighted by molar-refractivity contribution is -0.139. The molecule has 0 atom stereocenters. The highest BCUT2D eigenvalue weighted by Crippen LogP contribution is 2.19. The van der Waals surface area contributed by atoms with E-state index in [1.54, 1.807) is 35.2 Å². The van der Waals surface area contributed by atoms with E-state index in [2.05, 4.69) is 0 Å². The van der Waals surface area contributed by atoms with Gasteiger partial charge in [0.25, 0.3) is 5.78 Å². The van der Waals surface area contributed by atoms with E-state index in [1.165, 1.54) is 0 Å². The van der Waals surface area contributed by atoms with E-state index in [0.717, 1.165) is 5.56 Å². The molecule has 1 aliphatic heterocycles. The number of ketones is 1. The summed E-state index contributed by atoms with van der Waals surface area (Å²) in [5, 5.41) is 0. The molecule has 0 spiro atoms. The van der Waals surface area contributed by atoms with Gasteiger partial charge in [0, 0.05) is 18.7 Å². The monoisotopic (exact) mass is 411 g/mol. The summed E-state index contributed by atoms with van der Waals surface area (Å²) in [6.45, 7) is 5.52. The summed E-state index contributed by atoms with van der Waals surface area (Å²) < 4.78 is 10.5. The molecule has 30 heavy (non-hydrogen) atoms. The Hall–Kier alpha value is -3.15. The van der Waals surface area contributed by atoms with Gasteiger partial charge in [-0.15, -0.1) is 0 Å². The molecule has 160 valence electrons. The van der Waals surface area contributed by atoms with Crippen LogP contribution in [0.5, 0.6) is 0 Å². The van der Waals surface area contributed by atoms with E-state index in [-0.39, 0.29) is 25.2 Å². The molecule has 3 rings (SSSR count). The summed E-state index contributed by atoms with van der Waals surface area (Å²) in [5.41, 5.74) is 1.27. The number of hydrogen-bond acceptors (Lipinski definition) is 5. The van der Waals surface area contributed by atoms with Crippen molar-refractivity contribution in [1.29, 1.82) is 0 Å². The lowest BCUT2D eigenvalue weighted by Gasteiger charge is -2.30. The van der Waals surface area contributed by atoms with Crippen molar-refractivity contribution in [3.63, 3.8) is 0 Å². The molecule has 1 aliphatic rings. The third-order valence-electron chi connectivity index (χ3n) is 4.75. The number of likely N-dealkylation sites (tertiary alicyclic amines) is 1. The highest BCUT2D eigenvalue weighted by molar-refractivity contribution is 6.40. The molecule has 1 amide bonds. The van der Waals surface area contributed by atoms with Crippen LogP contribution in [0, 0.1) is 5.92 Å². The first-order chi connectivity index (χ1) is 14.6. The van der Waals surface area contributed by atoms with E-state index in [0.29, 0.717) is 31.5 Å². The molecular formula is C24H29NO5. The molecule has 0 N–H and O–H groups in total. The zero-order valence-corrected chi connectivity index (χ0v) is 17.6. The van der Waals surface area contributed by atoms with Crippen molar-refractivity contribution in [2.45, 2.75) is 33.3 Å². The van der Waals surface area contributed by atoms with E-state index >= 15 is 0 Å². The van der Waals surface area contributed by atoms with Gasteiger partial charge in [0.15, 0.2) is 0 Å². The summed E-state index contributed by atoms with van der Waals surface area (Å²) in [6, 6.07) is 17.9. The molecule has 2 aromatic rings. The average Bonchev–Trinajstić information content (AvgIpc) is 2.83. The minimum Gasteiger partial charge on any atom is -0.459 e. The largest absolute Gasteiger partial charge is 0.459 e. The van der Waals surface area contributed by atoms with E-state index < -0.39 is 11.8 Å². The molecule has 0 aromatic heterocycles. The quantitative estimate of drug-likeness (QED) is 0.398. The maximum Gasteiger partial charge on any atom is 0.410 e. The Labute approximate surface area is 177 Å². The molecule has 6 heteroatoms. The fourth-order valence-corrected chi connectivity index (χ4v) is 3.06. The number of benzene rings is 2. The Morgan fingerprint density at radius 3 is 2.03 bits per heavy atom. The Balaban J connectivity index is 0.00000155. The lowest BCUT2D eigenvalue weighted by atomic mass is 9.98. The number of carbonyl (C=O) groups excluding carboxylic acids is 3. The Morgan fingerprint density at radius 1 is 0.867 bits per heavy atom. The van der Waals surface area contributed by atoms with Crippen LogP contribution in [-0.4, -0.2) is 42.4 Å². The summed E-state index contributed by atoms with van der Waals surface area (Å²) in [6.07, 6.45) is 1.07. The highest BCUT2D eigenvalue weighted by atomic mass is 16.6. The molecule has 1 heterocycles. The second-order valence-electron chi connectivity index (χ2n) is 6.76. The van der Waals surface area contributed by atoms with Gasteiger partial charge in [-0.2, -0.15) is 0 Å². The third-order valence-corrected chi connectivity index (χ3v) is 4.75. The normalized spacial score (nSPS) is 13.6. The van der Waals surface area contributed by atoms with Crippen molar-refractivity contribution < 1.29 is 23.9 Å². The van der Waals surface area contributed by atoms with Crippen molar-refractivity contribution in [3.8, 4) is 0 Å². The Morgan fingerprint density at radius 2 is 1.43 bits per heavy atom. The van der Waals surface area contributed by atoms with Crippen LogP contribution in [0.4, 0.5) is 4.79 Å². The van der Waals surface area contributed by atoms with Crippen molar-refractivity contribution in [2.75, 3.05) is 19.7 Å². The molecule has 0 aliphatic carbocycles. The topological polar surface area (TPSA) is 72.9 Å². The molecule has 1 fully saturated rings. The van der Waals surface area contributed by atoms with Crippen LogP contribution in [0.1, 0.15) is 42.6 Å². The number of amides is 1. The van der Waals surface area contributed by atoms with Crippen LogP contribution in [0.15, 0.2) is 60.7 Å². The van der Waals surface area contributed by atoms with Crippen LogP contribution in [-0.2, 0) is 20.9 Å². The van der Waals surface area contributed by atoms with Gasteiger partial charge >= 0.3 is 12.1 Å². The fourth-order valence-electron chi connectivity index (χ4n) is 3.06. The number of piperidine rings is 1. The zero-order valence-electron chi connectivity index (χ0n) is 17.6. The zero-order chi connectivity index (χ0) is 21.8. The number of rotatable bonds is 6. The molecule has 0 radical (unpaired) electrons. The van der Waals surface area contributed by atoms with Gasteiger partial charge in [-0.3, -0.25) is 4.79 Å². The first kappa shape index (κ1) is 23.1. The molecule has 2 aromatic carbocycles. The maximum absolute atomic E-state index is 12.2. The second-order valence-corrected chi connectivity index (χ2v) is 6.76. The van der Waals surface area contributed by atoms with Crippen molar-refractivity contribution in [3.05, 3.63) is 71.8 Å². The summed E-state index contributed by atoms with van der Waals surface area (Å²) in [5.74, 6) is -1.34. The first-order valence-corrected chi connectivity index (χ1v) is 10.4. The minimum atomic E-state index is -0.837. The third kappa shape index (κ3) is 7.03. The highest BCUT2D eigenvalue weighted by Gasteiger charge is 2.26. The maximum atomic E-state index is 12.2. The van der Waals surface area contributed by atoms with E-state index in [1.807, 2.05) is 44.2 Å². The van der Waals surface area contributed by atoms with E-state index in [4.69, 9.17) is 9.47 Å². The molecule has 0 saturated carbocycles. The number of esters is 1. The minimum absolute atomic E-state index is 0.130. The fraction of sp³-hybridized carbons (Fsp3) is 0.375. The van der Waals surface area contributed by atoms with Crippen molar-refractivity contribution in [2.24, 2.45) is 5.92 Å². The van der Waals surface area contributed by atoms with Crippen LogP contribution < -0.4 is 0 Å². The molecular weight excluding hydrogens is 382 g/mol. The Bertz CT molecular complexity index is 799. The second kappa shape index (κ2) is 12.4. The smallest absolute Gasteiger partial charge is 0.410 e. The van der Waals surface area contributed by atoms with Gasteiger partial charge in [-0.1, -0.05) is 74.5 Å². The number of carbonyl (C=O) groups is 3. The lowest BCUT2D eigenvalue weighted by Crippen LogP contribution is -2.40. The van der Waals surface area contributed by atoms with Gasteiger partial charge in [0.05, 0.1) is 6.61 Å². The van der Waals surface area contributed by atoms with Crippen LogP contribution in [0.25, 0.3) is 0 Å². The number of hydrogen-bond donors (Lipinski definition) is 0. The molecule has 1 saturated heterocycles. The predicted octanol–water partition coefficient (Wildman–Crippen LogP) is 4.49. The van der Waals surface area contributed by atoms with Crippen molar-refractivity contribution in [1.82, 2.24) is 4.90 Å². The summed E-state index contributed by atoms with van der Waals surface area (Å²) in [4.78, 5) is 37.8. The van der Waals surface area contributed by atoms with Gasteiger partial charge in [0.1, 0.15) is 6.61 Å². The SMILES string of the molecule is CC.O=C(OCC1CCN(C(=O)OCc2ccccc2)CC1)C(=O)c1ccccc1. The molecule has 6 nitrogen and oxygen atoms in total. The van der Waals surface area contributed by atoms with Gasteiger partial charge in [-0.05, 0) is 24.3 Å². The average molecular weight is 411 g/mol. The van der Waals surface area contributed by atoms with Crippen molar-refractivity contribution >= 4 is 17.8 Å². The number of nitrogens with zero attached hydrogens (tertiary/aromatic N) is 1. The number of ether oxygens (including phenoxy) is 2. The Kier molecular flexibility index (Phi) is 9.58. The summed E-state index contributed by atoms with van der Waals surface area (Å²) in [7, 11) is 0. The van der Waals surface area contributed by atoms with Gasteiger partial charge < -0.3 is 14.4 Å².